The molecule has 0 saturated heterocycles. The molecule has 0 bridgehead atoms. The van der Waals surface area contributed by atoms with Gasteiger partial charge in [0.2, 0.25) is 0 Å². The van der Waals surface area contributed by atoms with Gasteiger partial charge >= 0.3 is 0 Å². The van der Waals surface area contributed by atoms with E-state index in [1.165, 1.54) is 17.5 Å². The molecule has 0 aliphatic rings. The number of aliphatic hydroxyl groups excluding tert-OH is 1. The molecule has 1 aromatic carbocycles. The largest absolute Gasteiger partial charge is 0.394 e. The van der Waals surface area contributed by atoms with Crippen LogP contribution in [0.2, 0.25) is 0 Å². The van der Waals surface area contributed by atoms with Crippen LogP contribution in [0.1, 0.15) is 51.2 Å². The molecule has 2 N–H and O–H groups in total. The third-order valence-electron chi connectivity index (χ3n) is 3.57. The molecule has 2 nitrogen and oxygen atoms in total. The van der Waals surface area contributed by atoms with Gasteiger partial charge in [0.25, 0.3) is 0 Å². The zero-order chi connectivity index (χ0) is 13.6. The molecule has 1 atom stereocenters. The molecule has 0 aromatic heterocycles. The lowest BCUT2D eigenvalue weighted by Gasteiger charge is -2.23. The first-order chi connectivity index (χ1) is 8.48. The Labute approximate surface area is 111 Å². The molecule has 102 valence electrons. The smallest absolute Gasteiger partial charge is 0.0607 e. The van der Waals surface area contributed by atoms with Gasteiger partial charge in [-0.15, -0.1) is 0 Å². The van der Waals surface area contributed by atoms with Crippen molar-refractivity contribution in [3.05, 3.63) is 35.4 Å². The van der Waals surface area contributed by atoms with E-state index in [2.05, 4.69) is 43.4 Å². The molecule has 0 amide bonds. The maximum absolute atomic E-state index is 9.15. The second-order valence-electron chi connectivity index (χ2n) is 5.77. The fourth-order valence-corrected chi connectivity index (χ4v) is 1.85. The van der Waals surface area contributed by atoms with Gasteiger partial charge in [-0.1, -0.05) is 38.1 Å². The molecule has 18 heavy (non-hydrogen) atoms. The first kappa shape index (κ1) is 15.2. The van der Waals surface area contributed by atoms with E-state index in [0.29, 0.717) is 5.92 Å². The predicted octanol–water partition coefficient (Wildman–Crippen LogP) is 3.10. The summed E-state index contributed by atoms with van der Waals surface area (Å²) < 4.78 is 0. The Kier molecular flexibility index (Phi) is 5.83. The molecule has 0 aliphatic carbocycles. The topological polar surface area (TPSA) is 32.3 Å². The summed E-state index contributed by atoms with van der Waals surface area (Å²) in [6, 6.07) is 8.91. The highest BCUT2D eigenvalue weighted by Crippen LogP contribution is 2.18. The zero-order valence-corrected chi connectivity index (χ0v) is 12.2. The van der Waals surface area contributed by atoms with Gasteiger partial charge in [0.05, 0.1) is 6.61 Å². The van der Waals surface area contributed by atoms with Crippen LogP contribution in [0, 0.1) is 0 Å². The predicted molar refractivity (Wildman–Crippen MR) is 78.0 cm³/mol. The molecule has 1 unspecified atom stereocenters. The summed E-state index contributed by atoms with van der Waals surface area (Å²) in [5.74, 6) is 0.644. The van der Waals surface area contributed by atoms with Crippen molar-refractivity contribution < 1.29 is 5.11 Å². The fraction of sp³-hybridized carbons (Fsp3) is 0.625. The van der Waals surface area contributed by atoms with Crippen LogP contribution in [0.25, 0.3) is 0 Å². The summed E-state index contributed by atoms with van der Waals surface area (Å²) in [6.45, 7) is 9.58. The van der Waals surface area contributed by atoms with Crippen molar-refractivity contribution in [3.63, 3.8) is 0 Å². The van der Waals surface area contributed by atoms with Crippen LogP contribution >= 0.6 is 0 Å². The van der Waals surface area contributed by atoms with Gasteiger partial charge in [-0.05, 0) is 50.3 Å². The van der Waals surface area contributed by atoms with Gasteiger partial charge in [0.15, 0.2) is 0 Å². The Morgan fingerprint density at radius 3 is 2.33 bits per heavy atom. The molecule has 0 radical (unpaired) electrons. The Morgan fingerprint density at radius 2 is 1.83 bits per heavy atom. The maximum atomic E-state index is 9.15. The Balaban J connectivity index is 2.45. The van der Waals surface area contributed by atoms with E-state index in [4.69, 9.17) is 5.11 Å². The molecule has 0 aliphatic heterocycles. The van der Waals surface area contributed by atoms with Crippen molar-refractivity contribution in [1.29, 1.82) is 0 Å². The summed E-state index contributed by atoms with van der Waals surface area (Å²) in [7, 11) is 0. The standard InChI is InChI=1S/C16H27NO/c1-5-13(2)15-8-6-14(7-9-15)10-11-17-16(3,4)12-18/h6-9,13,17-18H,5,10-12H2,1-4H3. The molecular formula is C16H27NO. The molecule has 0 saturated carbocycles. The van der Waals surface area contributed by atoms with E-state index in [-0.39, 0.29) is 12.1 Å². The van der Waals surface area contributed by atoms with Gasteiger partial charge in [0, 0.05) is 5.54 Å². The van der Waals surface area contributed by atoms with E-state index >= 15 is 0 Å². The third kappa shape index (κ3) is 4.79. The van der Waals surface area contributed by atoms with Gasteiger partial charge in [-0.25, -0.2) is 0 Å². The fourth-order valence-electron chi connectivity index (χ4n) is 1.85. The monoisotopic (exact) mass is 249 g/mol. The number of benzene rings is 1. The third-order valence-corrected chi connectivity index (χ3v) is 3.57. The van der Waals surface area contributed by atoms with E-state index < -0.39 is 0 Å². The van der Waals surface area contributed by atoms with Crippen molar-refractivity contribution in [2.45, 2.75) is 52.0 Å². The number of hydrogen-bond donors (Lipinski definition) is 2. The van der Waals surface area contributed by atoms with Crippen LogP contribution in [-0.4, -0.2) is 23.8 Å². The molecule has 2 heteroatoms. The van der Waals surface area contributed by atoms with Gasteiger partial charge < -0.3 is 10.4 Å². The van der Waals surface area contributed by atoms with Crippen molar-refractivity contribution >= 4 is 0 Å². The quantitative estimate of drug-likeness (QED) is 0.778. The molecular weight excluding hydrogens is 222 g/mol. The highest BCUT2D eigenvalue weighted by molar-refractivity contribution is 5.25. The minimum Gasteiger partial charge on any atom is -0.394 e. The van der Waals surface area contributed by atoms with Crippen LogP contribution in [0.4, 0.5) is 0 Å². The zero-order valence-electron chi connectivity index (χ0n) is 12.2. The van der Waals surface area contributed by atoms with Crippen LogP contribution in [-0.2, 0) is 6.42 Å². The number of rotatable bonds is 7. The molecule has 1 rings (SSSR count). The van der Waals surface area contributed by atoms with E-state index in [1.807, 2.05) is 13.8 Å². The second kappa shape index (κ2) is 6.91. The van der Waals surface area contributed by atoms with Crippen LogP contribution in [0.3, 0.4) is 0 Å². The highest BCUT2D eigenvalue weighted by Gasteiger charge is 2.14. The lowest BCUT2D eigenvalue weighted by Crippen LogP contribution is -2.43. The Hall–Kier alpha value is -0.860. The average Bonchev–Trinajstić information content (AvgIpc) is 2.38. The Bertz CT molecular complexity index is 343. The van der Waals surface area contributed by atoms with Crippen LogP contribution in [0.5, 0.6) is 0 Å². The molecule has 0 fully saturated rings. The van der Waals surface area contributed by atoms with Gasteiger partial charge in [0.1, 0.15) is 0 Å². The normalized spacial score (nSPS) is 13.6. The minimum atomic E-state index is -0.184. The number of hydrogen-bond acceptors (Lipinski definition) is 2. The van der Waals surface area contributed by atoms with E-state index in [1.54, 1.807) is 0 Å². The van der Waals surface area contributed by atoms with Crippen LogP contribution < -0.4 is 5.32 Å². The number of aliphatic hydroxyl groups is 1. The molecule has 0 heterocycles. The lowest BCUT2D eigenvalue weighted by atomic mass is 9.97. The summed E-state index contributed by atoms with van der Waals surface area (Å²) >= 11 is 0. The summed E-state index contributed by atoms with van der Waals surface area (Å²) in [4.78, 5) is 0. The molecule has 0 spiro atoms. The minimum absolute atomic E-state index is 0.167. The summed E-state index contributed by atoms with van der Waals surface area (Å²) in [5, 5.41) is 12.5. The Morgan fingerprint density at radius 1 is 1.22 bits per heavy atom. The summed E-state index contributed by atoms with van der Waals surface area (Å²) in [6.07, 6.45) is 2.19. The van der Waals surface area contributed by atoms with Crippen molar-refractivity contribution in [2.24, 2.45) is 0 Å². The summed E-state index contributed by atoms with van der Waals surface area (Å²) in [5.41, 5.74) is 2.59. The number of nitrogens with one attached hydrogen (secondary N) is 1. The first-order valence-corrected chi connectivity index (χ1v) is 6.93. The van der Waals surface area contributed by atoms with Crippen molar-refractivity contribution in [3.8, 4) is 0 Å². The first-order valence-electron chi connectivity index (χ1n) is 6.93. The van der Waals surface area contributed by atoms with Gasteiger partial charge in [-0.2, -0.15) is 0 Å². The van der Waals surface area contributed by atoms with E-state index in [9.17, 15) is 0 Å². The maximum Gasteiger partial charge on any atom is 0.0607 e. The lowest BCUT2D eigenvalue weighted by molar-refractivity contribution is 0.189. The average molecular weight is 249 g/mol. The highest BCUT2D eigenvalue weighted by atomic mass is 16.3. The SMILES string of the molecule is CCC(C)c1ccc(CCNC(C)(C)CO)cc1. The van der Waals surface area contributed by atoms with Crippen molar-refractivity contribution in [1.82, 2.24) is 5.32 Å². The van der Waals surface area contributed by atoms with Crippen molar-refractivity contribution in [2.75, 3.05) is 13.2 Å². The second-order valence-corrected chi connectivity index (χ2v) is 5.77. The van der Waals surface area contributed by atoms with Crippen LogP contribution in [0.15, 0.2) is 24.3 Å². The van der Waals surface area contributed by atoms with E-state index in [0.717, 1.165) is 13.0 Å². The van der Waals surface area contributed by atoms with Gasteiger partial charge in [-0.3, -0.25) is 0 Å². The molecule has 1 aromatic rings.